The molecule has 1 rings (SSSR count). The van der Waals surface area contributed by atoms with Gasteiger partial charge < -0.3 is 4.52 Å². The van der Waals surface area contributed by atoms with Crippen LogP contribution >= 0.6 is 0 Å². The molecule has 0 fully saturated rings. The van der Waals surface area contributed by atoms with Gasteiger partial charge in [-0.05, 0) is 12.8 Å². The Morgan fingerprint density at radius 1 is 1.27 bits per heavy atom. The SMILES string of the molecule is CC.CCc1conc1CC. The molecule has 0 saturated carbocycles. The zero-order valence-corrected chi connectivity index (χ0v) is 7.85. The molecule has 0 atom stereocenters. The lowest BCUT2D eigenvalue weighted by Crippen LogP contribution is -1.85. The van der Waals surface area contributed by atoms with Crippen LogP contribution in [0.3, 0.4) is 0 Å². The summed E-state index contributed by atoms with van der Waals surface area (Å²) in [4.78, 5) is 0. The van der Waals surface area contributed by atoms with Gasteiger partial charge in [0.25, 0.3) is 0 Å². The maximum absolute atomic E-state index is 4.78. The van der Waals surface area contributed by atoms with Crippen molar-refractivity contribution in [3.63, 3.8) is 0 Å². The first-order valence-electron chi connectivity index (χ1n) is 4.30. The first-order valence-corrected chi connectivity index (χ1v) is 4.30. The molecule has 2 nitrogen and oxygen atoms in total. The van der Waals surface area contributed by atoms with Crippen LogP contribution in [0, 0.1) is 0 Å². The Kier molecular flexibility index (Phi) is 5.53. The van der Waals surface area contributed by atoms with Gasteiger partial charge in [-0.25, -0.2) is 0 Å². The molecule has 1 aromatic heterocycles. The summed E-state index contributed by atoms with van der Waals surface area (Å²) in [6.45, 7) is 8.18. The average molecular weight is 155 g/mol. The van der Waals surface area contributed by atoms with Gasteiger partial charge in [-0.1, -0.05) is 32.9 Å². The second-order valence-corrected chi connectivity index (χ2v) is 1.99. The number of hydrogen-bond donors (Lipinski definition) is 0. The van der Waals surface area contributed by atoms with Crippen molar-refractivity contribution < 1.29 is 4.52 Å². The molecular weight excluding hydrogens is 138 g/mol. The van der Waals surface area contributed by atoms with Crippen molar-refractivity contribution >= 4 is 0 Å². The molecule has 64 valence electrons. The third kappa shape index (κ3) is 2.74. The second kappa shape index (κ2) is 5.96. The fourth-order valence-corrected chi connectivity index (χ4v) is 0.859. The van der Waals surface area contributed by atoms with Crippen LogP contribution in [-0.4, -0.2) is 5.16 Å². The van der Waals surface area contributed by atoms with E-state index in [0.717, 1.165) is 18.5 Å². The highest BCUT2D eigenvalue weighted by Crippen LogP contribution is 2.06. The van der Waals surface area contributed by atoms with Crippen LogP contribution in [0.15, 0.2) is 10.8 Å². The first kappa shape index (κ1) is 10.2. The average Bonchev–Trinajstić information content (AvgIpc) is 2.54. The number of hydrogen-bond acceptors (Lipinski definition) is 2. The Hall–Kier alpha value is -0.790. The Balaban J connectivity index is 0.000000461. The molecule has 2 heteroatoms. The van der Waals surface area contributed by atoms with Crippen molar-refractivity contribution in [2.24, 2.45) is 0 Å². The van der Waals surface area contributed by atoms with Crippen molar-refractivity contribution in [3.05, 3.63) is 17.5 Å². The molecule has 0 amide bonds. The van der Waals surface area contributed by atoms with Gasteiger partial charge in [-0.2, -0.15) is 0 Å². The summed E-state index contributed by atoms with van der Waals surface area (Å²) in [5, 5.41) is 3.83. The zero-order chi connectivity index (χ0) is 8.69. The van der Waals surface area contributed by atoms with Crippen LogP contribution in [0.4, 0.5) is 0 Å². The molecule has 1 aromatic rings. The zero-order valence-electron chi connectivity index (χ0n) is 7.85. The van der Waals surface area contributed by atoms with E-state index in [-0.39, 0.29) is 0 Å². The molecule has 0 aliphatic heterocycles. The molecule has 0 aliphatic carbocycles. The van der Waals surface area contributed by atoms with Crippen LogP contribution in [0.25, 0.3) is 0 Å². The fraction of sp³-hybridized carbons (Fsp3) is 0.667. The van der Waals surface area contributed by atoms with Crippen molar-refractivity contribution in [1.82, 2.24) is 5.16 Å². The maximum Gasteiger partial charge on any atom is 0.127 e. The molecule has 0 bridgehead atoms. The number of nitrogens with zero attached hydrogens (tertiary/aromatic N) is 1. The van der Waals surface area contributed by atoms with Gasteiger partial charge in [0.2, 0.25) is 0 Å². The van der Waals surface area contributed by atoms with Gasteiger partial charge in [-0.15, -0.1) is 0 Å². The van der Waals surface area contributed by atoms with E-state index in [2.05, 4.69) is 19.0 Å². The maximum atomic E-state index is 4.78. The van der Waals surface area contributed by atoms with E-state index in [1.54, 1.807) is 6.26 Å². The van der Waals surface area contributed by atoms with Crippen molar-refractivity contribution in [2.75, 3.05) is 0 Å². The standard InChI is InChI=1S/C7H11NO.C2H6/c1-3-6-5-9-8-7(6)4-2;1-2/h5H,3-4H2,1-2H3;1-2H3. The molecule has 1 heterocycles. The quantitative estimate of drug-likeness (QED) is 0.656. The van der Waals surface area contributed by atoms with Gasteiger partial charge in [0.15, 0.2) is 0 Å². The van der Waals surface area contributed by atoms with Crippen LogP contribution in [0.5, 0.6) is 0 Å². The molecule has 0 aliphatic rings. The third-order valence-electron chi connectivity index (χ3n) is 1.44. The van der Waals surface area contributed by atoms with E-state index < -0.39 is 0 Å². The summed E-state index contributed by atoms with van der Waals surface area (Å²) in [6.07, 6.45) is 3.71. The van der Waals surface area contributed by atoms with E-state index in [1.165, 1.54) is 5.56 Å². The minimum Gasteiger partial charge on any atom is -0.364 e. The van der Waals surface area contributed by atoms with E-state index in [1.807, 2.05) is 13.8 Å². The predicted octanol–water partition coefficient (Wildman–Crippen LogP) is 2.83. The van der Waals surface area contributed by atoms with Gasteiger partial charge in [-0.3, -0.25) is 0 Å². The Morgan fingerprint density at radius 2 is 1.91 bits per heavy atom. The minimum atomic E-state index is 0.972. The smallest absolute Gasteiger partial charge is 0.127 e. The van der Waals surface area contributed by atoms with Crippen molar-refractivity contribution in [2.45, 2.75) is 40.5 Å². The van der Waals surface area contributed by atoms with Crippen molar-refractivity contribution in [1.29, 1.82) is 0 Å². The lowest BCUT2D eigenvalue weighted by atomic mass is 10.2. The van der Waals surface area contributed by atoms with Gasteiger partial charge in [0.05, 0.1) is 5.69 Å². The number of aryl methyl sites for hydroxylation is 2. The van der Waals surface area contributed by atoms with Crippen LogP contribution < -0.4 is 0 Å². The number of rotatable bonds is 2. The molecule has 0 N–H and O–H groups in total. The monoisotopic (exact) mass is 155 g/mol. The topological polar surface area (TPSA) is 26.0 Å². The molecule has 0 unspecified atom stereocenters. The van der Waals surface area contributed by atoms with Gasteiger partial charge in [0.1, 0.15) is 6.26 Å². The Labute approximate surface area is 68.6 Å². The second-order valence-electron chi connectivity index (χ2n) is 1.99. The van der Waals surface area contributed by atoms with Gasteiger partial charge >= 0.3 is 0 Å². The van der Waals surface area contributed by atoms with E-state index >= 15 is 0 Å². The summed E-state index contributed by atoms with van der Waals surface area (Å²) in [7, 11) is 0. The highest BCUT2D eigenvalue weighted by atomic mass is 16.5. The summed E-state index contributed by atoms with van der Waals surface area (Å²) in [6, 6.07) is 0. The minimum absolute atomic E-state index is 0.972. The summed E-state index contributed by atoms with van der Waals surface area (Å²) >= 11 is 0. The third-order valence-corrected chi connectivity index (χ3v) is 1.44. The van der Waals surface area contributed by atoms with Gasteiger partial charge in [0, 0.05) is 5.56 Å². The summed E-state index contributed by atoms with van der Waals surface area (Å²) in [5.41, 5.74) is 2.33. The highest BCUT2D eigenvalue weighted by molar-refractivity contribution is 5.13. The first-order chi connectivity index (χ1) is 5.38. The van der Waals surface area contributed by atoms with E-state index in [4.69, 9.17) is 4.52 Å². The van der Waals surface area contributed by atoms with Crippen LogP contribution in [0.1, 0.15) is 39.0 Å². The van der Waals surface area contributed by atoms with Crippen LogP contribution in [-0.2, 0) is 12.8 Å². The van der Waals surface area contributed by atoms with E-state index in [9.17, 15) is 0 Å². The summed E-state index contributed by atoms with van der Waals surface area (Å²) < 4.78 is 4.78. The Bertz CT molecular complexity index is 163. The molecule has 0 spiro atoms. The largest absolute Gasteiger partial charge is 0.364 e. The molecule has 0 aromatic carbocycles. The lowest BCUT2D eigenvalue weighted by molar-refractivity contribution is 0.412. The summed E-state index contributed by atoms with van der Waals surface area (Å²) in [5.74, 6) is 0. The molecular formula is C9H17NO. The molecule has 11 heavy (non-hydrogen) atoms. The van der Waals surface area contributed by atoms with Crippen LogP contribution in [0.2, 0.25) is 0 Å². The molecule has 0 radical (unpaired) electrons. The highest BCUT2D eigenvalue weighted by Gasteiger charge is 2.00. The molecule has 0 saturated heterocycles. The normalized spacial score (nSPS) is 8.73. The predicted molar refractivity (Wildman–Crippen MR) is 46.6 cm³/mol. The van der Waals surface area contributed by atoms with Crippen molar-refractivity contribution in [3.8, 4) is 0 Å². The number of aromatic nitrogens is 1. The van der Waals surface area contributed by atoms with E-state index in [0.29, 0.717) is 0 Å². The fourth-order valence-electron chi connectivity index (χ4n) is 0.859. The Morgan fingerprint density at radius 3 is 2.27 bits per heavy atom. The lowest BCUT2D eigenvalue weighted by Gasteiger charge is -1.88.